The quantitative estimate of drug-likeness (QED) is 0.767. The fourth-order valence-electron chi connectivity index (χ4n) is 1.88. The predicted molar refractivity (Wildman–Crippen MR) is 72.1 cm³/mol. The first-order valence-corrected chi connectivity index (χ1v) is 6.50. The Labute approximate surface area is 113 Å². The lowest BCUT2D eigenvalue weighted by Crippen LogP contribution is -2.23. The molecule has 1 aliphatic heterocycles. The van der Waals surface area contributed by atoms with Gasteiger partial charge in [-0.2, -0.15) is 0 Å². The van der Waals surface area contributed by atoms with E-state index in [0.29, 0.717) is 43.1 Å². The molecule has 0 amide bonds. The highest BCUT2D eigenvalue weighted by atomic mass is 16.6. The minimum atomic E-state index is -0.274. The maximum absolute atomic E-state index is 12.1. The smallest absolute Gasteiger partial charge is 0.163 e. The third-order valence-electron chi connectivity index (χ3n) is 3.37. The fourth-order valence-corrected chi connectivity index (χ4v) is 1.88. The molecular weight excluding hydrogens is 244 g/mol. The molecule has 2 rings (SSSR count). The summed E-state index contributed by atoms with van der Waals surface area (Å²) in [6.07, 6.45) is 1.15. The van der Waals surface area contributed by atoms with E-state index in [1.807, 2.05) is 13.8 Å². The maximum Gasteiger partial charge on any atom is 0.163 e. The zero-order valence-electron chi connectivity index (χ0n) is 11.7. The molecule has 0 spiro atoms. The van der Waals surface area contributed by atoms with Gasteiger partial charge in [0.15, 0.2) is 17.3 Å². The molecule has 0 fully saturated rings. The van der Waals surface area contributed by atoms with E-state index in [2.05, 4.69) is 0 Å². The molecule has 104 valence electrons. The van der Waals surface area contributed by atoms with Gasteiger partial charge in [-0.15, -0.1) is 0 Å². The van der Waals surface area contributed by atoms with Crippen LogP contribution in [0.15, 0.2) is 18.2 Å². The van der Waals surface area contributed by atoms with Gasteiger partial charge in [-0.3, -0.25) is 4.79 Å². The van der Waals surface area contributed by atoms with E-state index in [0.717, 1.165) is 0 Å². The van der Waals surface area contributed by atoms with E-state index in [1.165, 1.54) is 0 Å². The van der Waals surface area contributed by atoms with E-state index in [9.17, 15) is 4.79 Å². The second kappa shape index (κ2) is 5.61. The molecule has 0 saturated heterocycles. The minimum absolute atomic E-state index is 0.0992. The monoisotopic (exact) mass is 264 g/mol. The normalized spacial score (nSPS) is 14.3. The Morgan fingerprint density at radius 1 is 1.26 bits per heavy atom. The van der Waals surface area contributed by atoms with Gasteiger partial charge in [0.2, 0.25) is 0 Å². The van der Waals surface area contributed by atoms with Crippen LogP contribution in [0.2, 0.25) is 0 Å². The van der Waals surface area contributed by atoms with Crippen LogP contribution >= 0.6 is 0 Å². The van der Waals surface area contributed by atoms with E-state index >= 15 is 0 Å². The Balaban J connectivity index is 2.03. The van der Waals surface area contributed by atoms with Crippen LogP contribution in [-0.4, -0.2) is 31.7 Å². The van der Waals surface area contributed by atoms with Crippen LogP contribution in [-0.2, 0) is 4.74 Å². The predicted octanol–water partition coefficient (Wildman–Crippen LogP) is 2.85. The summed E-state index contributed by atoms with van der Waals surface area (Å²) in [6, 6.07) is 5.34. The molecule has 0 aliphatic carbocycles. The summed E-state index contributed by atoms with van der Waals surface area (Å²) in [6.45, 7) is 5.04. The summed E-state index contributed by atoms with van der Waals surface area (Å²) >= 11 is 0. The highest BCUT2D eigenvalue weighted by molar-refractivity contribution is 5.96. The lowest BCUT2D eigenvalue weighted by atomic mass is 9.97. The molecule has 1 aromatic carbocycles. The van der Waals surface area contributed by atoms with Gasteiger partial charge in [0, 0.05) is 19.1 Å². The number of ketones is 1. The molecule has 19 heavy (non-hydrogen) atoms. The standard InChI is InChI=1S/C15H20O4/c1-15(2,17-3)7-6-12(16)11-4-5-13-14(10-11)19-9-8-18-13/h4-5,10H,6-9H2,1-3H3. The third kappa shape index (κ3) is 3.47. The van der Waals surface area contributed by atoms with Crippen molar-refractivity contribution in [2.24, 2.45) is 0 Å². The maximum atomic E-state index is 12.1. The van der Waals surface area contributed by atoms with Gasteiger partial charge < -0.3 is 14.2 Å². The van der Waals surface area contributed by atoms with Crippen LogP contribution in [0.3, 0.4) is 0 Å². The molecule has 0 atom stereocenters. The van der Waals surface area contributed by atoms with Crippen molar-refractivity contribution in [1.29, 1.82) is 0 Å². The van der Waals surface area contributed by atoms with Crippen LogP contribution in [0, 0.1) is 0 Å². The molecular formula is C15H20O4. The zero-order chi connectivity index (χ0) is 13.9. The van der Waals surface area contributed by atoms with Crippen LogP contribution in [0.5, 0.6) is 11.5 Å². The Bertz CT molecular complexity index is 465. The van der Waals surface area contributed by atoms with Crippen molar-refractivity contribution in [1.82, 2.24) is 0 Å². The van der Waals surface area contributed by atoms with Crippen molar-refractivity contribution in [2.75, 3.05) is 20.3 Å². The second-order valence-electron chi connectivity index (χ2n) is 5.25. The number of carbonyl (C=O) groups excluding carboxylic acids is 1. The number of hydrogen-bond acceptors (Lipinski definition) is 4. The molecule has 1 aliphatic rings. The summed E-state index contributed by atoms with van der Waals surface area (Å²) < 4.78 is 16.2. The van der Waals surface area contributed by atoms with Crippen molar-refractivity contribution in [2.45, 2.75) is 32.3 Å². The first-order valence-electron chi connectivity index (χ1n) is 6.50. The fraction of sp³-hybridized carbons (Fsp3) is 0.533. The minimum Gasteiger partial charge on any atom is -0.486 e. The number of rotatable bonds is 5. The molecule has 1 heterocycles. The summed E-state index contributed by atoms with van der Waals surface area (Å²) in [5, 5.41) is 0. The summed E-state index contributed by atoms with van der Waals surface area (Å²) in [5.74, 6) is 1.46. The van der Waals surface area contributed by atoms with E-state index < -0.39 is 0 Å². The molecule has 0 bridgehead atoms. The van der Waals surface area contributed by atoms with Gasteiger partial charge in [-0.25, -0.2) is 0 Å². The van der Waals surface area contributed by atoms with Crippen molar-refractivity contribution < 1.29 is 19.0 Å². The van der Waals surface area contributed by atoms with Gasteiger partial charge >= 0.3 is 0 Å². The van der Waals surface area contributed by atoms with Gasteiger partial charge in [-0.1, -0.05) is 0 Å². The van der Waals surface area contributed by atoms with Crippen LogP contribution in [0.1, 0.15) is 37.0 Å². The molecule has 0 unspecified atom stereocenters. The molecule has 0 radical (unpaired) electrons. The largest absolute Gasteiger partial charge is 0.486 e. The Hall–Kier alpha value is -1.55. The molecule has 4 nitrogen and oxygen atoms in total. The van der Waals surface area contributed by atoms with Crippen molar-refractivity contribution in [3.8, 4) is 11.5 Å². The highest BCUT2D eigenvalue weighted by Gasteiger charge is 2.20. The van der Waals surface area contributed by atoms with Crippen LogP contribution in [0.4, 0.5) is 0 Å². The summed E-state index contributed by atoms with van der Waals surface area (Å²) in [4.78, 5) is 12.1. The lowest BCUT2D eigenvalue weighted by Gasteiger charge is -2.22. The zero-order valence-corrected chi connectivity index (χ0v) is 11.7. The number of Topliss-reactive ketones (excluding diaryl/α,β-unsaturated/α-hetero) is 1. The van der Waals surface area contributed by atoms with Crippen molar-refractivity contribution in [3.63, 3.8) is 0 Å². The Morgan fingerprint density at radius 2 is 1.95 bits per heavy atom. The van der Waals surface area contributed by atoms with Gasteiger partial charge in [0.1, 0.15) is 13.2 Å². The first-order chi connectivity index (χ1) is 9.02. The van der Waals surface area contributed by atoms with Crippen LogP contribution < -0.4 is 9.47 Å². The number of benzene rings is 1. The van der Waals surface area contributed by atoms with E-state index in [1.54, 1.807) is 25.3 Å². The molecule has 0 saturated carbocycles. The number of carbonyl (C=O) groups is 1. The molecule has 0 N–H and O–H groups in total. The summed E-state index contributed by atoms with van der Waals surface area (Å²) in [7, 11) is 1.66. The molecule has 1 aromatic rings. The van der Waals surface area contributed by atoms with Gasteiger partial charge in [-0.05, 0) is 38.5 Å². The number of hydrogen-bond donors (Lipinski definition) is 0. The number of fused-ring (bicyclic) bond motifs is 1. The van der Waals surface area contributed by atoms with E-state index in [4.69, 9.17) is 14.2 Å². The average Bonchev–Trinajstić information content (AvgIpc) is 2.44. The van der Waals surface area contributed by atoms with Crippen molar-refractivity contribution in [3.05, 3.63) is 23.8 Å². The number of methoxy groups -OCH3 is 1. The summed E-state index contributed by atoms with van der Waals surface area (Å²) in [5.41, 5.74) is 0.389. The lowest BCUT2D eigenvalue weighted by molar-refractivity contribution is 0.0141. The Morgan fingerprint density at radius 3 is 2.63 bits per heavy atom. The molecule has 4 heteroatoms. The van der Waals surface area contributed by atoms with Crippen LogP contribution in [0.25, 0.3) is 0 Å². The average molecular weight is 264 g/mol. The number of ether oxygens (including phenoxy) is 3. The second-order valence-corrected chi connectivity index (χ2v) is 5.25. The molecule has 0 aromatic heterocycles. The van der Waals surface area contributed by atoms with Crippen molar-refractivity contribution >= 4 is 5.78 Å². The topological polar surface area (TPSA) is 44.8 Å². The third-order valence-corrected chi connectivity index (χ3v) is 3.37. The van der Waals surface area contributed by atoms with Gasteiger partial charge in [0.25, 0.3) is 0 Å². The first kappa shape index (κ1) is 13.9. The van der Waals surface area contributed by atoms with E-state index in [-0.39, 0.29) is 11.4 Å². The Kier molecular flexibility index (Phi) is 4.10. The van der Waals surface area contributed by atoms with Gasteiger partial charge in [0.05, 0.1) is 5.60 Å². The highest BCUT2D eigenvalue weighted by Crippen LogP contribution is 2.31. The SMILES string of the molecule is COC(C)(C)CCC(=O)c1ccc2c(c1)OCCO2.